The molecule has 0 aliphatic carbocycles. The zero-order valence-electron chi connectivity index (χ0n) is 18.1. The van der Waals surface area contributed by atoms with Gasteiger partial charge in [-0.25, -0.2) is 0 Å². The maximum Gasteiger partial charge on any atom is 0.0400 e. The molecule has 0 spiro atoms. The van der Waals surface area contributed by atoms with Crippen molar-refractivity contribution in [1.29, 1.82) is 0 Å². The summed E-state index contributed by atoms with van der Waals surface area (Å²) in [7, 11) is 0. The largest absolute Gasteiger partial charge is 0.381 e. The van der Waals surface area contributed by atoms with Crippen LogP contribution in [0.2, 0.25) is 0 Å². The number of nitrogens with zero attached hydrogens (tertiary/aromatic N) is 1. The molecular weight excluding hydrogens is 352 g/mol. The highest BCUT2D eigenvalue weighted by Crippen LogP contribution is 2.27. The molecule has 2 heteroatoms. The van der Waals surface area contributed by atoms with E-state index in [1.165, 1.54) is 40.8 Å². The van der Waals surface area contributed by atoms with Crippen molar-refractivity contribution in [2.45, 2.75) is 52.7 Å². The predicted octanol–water partition coefficient (Wildman–Crippen LogP) is 6.97. The van der Waals surface area contributed by atoms with Crippen molar-refractivity contribution in [3.05, 3.63) is 101 Å². The van der Waals surface area contributed by atoms with E-state index < -0.39 is 0 Å². The van der Waals surface area contributed by atoms with Crippen LogP contribution < -0.4 is 5.32 Å². The molecule has 0 radical (unpaired) electrons. The van der Waals surface area contributed by atoms with Gasteiger partial charge in [-0.3, -0.25) is 4.90 Å². The summed E-state index contributed by atoms with van der Waals surface area (Å²) in [5.74, 6) is 0. The van der Waals surface area contributed by atoms with Crippen LogP contribution in [-0.2, 0) is 13.1 Å². The molecule has 3 aromatic rings. The van der Waals surface area contributed by atoms with Gasteiger partial charge in [0.25, 0.3) is 0 Å². The number of anilines is 1. The van der Waals surface area contributed by atoms with Crippen molar-refractivity contribution in [1.82, 2.24) is 4.90 Å². The van der Waals surface area contributed by atoms with Crippen LogP contribution in [0.15, 0.2) is 78.9 Å². The minimum absolute atomic E-state index is 0.375. The molecule has 0 fully saturated rings. The van der Waals surface area contributed by atoms with Crippen molar-refractivity contribution in [2.75, 3.05) is 11.9 Å². The zero-order valence-corrected chi connectivity index (χ0v) is 18.1. The molecule has 0 saturated carbocycles. The summed E-state index contributed by atoms with van der Waals surface area (Å²) >= 11 is 0. The van der Waals surface area contributed by atoms with Gasteiger partial charge in [0.1, 0.15) is 0 Å². The van der Waals surface area contributed by atoms with Crippen molar-refractivity contribution in [2.24, 2.45) is 0 Å². The van der Waals surface area contributed by atoms with E-state index in [1.807, 2.05) is 0 Å². The zero-order chi connectivity index (χ0) is 20.5. The summed E-state index contributed by atoms with van der Waals surface area (Å²) in [6.07, 6.45) is 2.44. The Balaban J connectivity index is 1.75. The van der Waals surface area contributed by atoms with Gasteiger partial charge in [-0.15, -0.1) is 0 Å². The van der Waals surface area contributed by atoms with Crippen LogP contribution in [0.3, 0.4) is 0 Å². The van der Waals surface area contributed by atoms with Gasteiger partial charge < -0.3 is 5.32 Å². The first-order valence-corrected chi connectivity index (χ1v) is 10.8. The van der Waals surface area contributed by atoms with Gasteiger partial charge in [0.05, 0.1) is 0 Å². The summed E-state index contributed by atoms with van der Waals surface area (Å²) in [6.45, 7) is 9.74. The number of unbranched alkanes of at least 4 members (excludes halogenated alkanes) is 1. The first-order valence-electron chi connectivity index (χ1n) is 10.8. The van der Waals surface area contributed by atoms with E-state index in [0.29, 0.717) is 6.04 Å². The topological polar surface area (TPSA) is 15.3 Å². The normalized spacial score (nSPS) is 12.1. The van der Waals surface area contributed by atoms with E-state index in [-0.39, 0.29) is 0 Å². The average molecular weight is 387 g/mol. The molecule has 3 rings (SSSR count). The molecule has 0 bridgehead atoms. The predicted molar refractivity (Wildman–Crippen MR) is 125 cm³/mol. The highest BCUT2D eigenvalue weighted by atomic mass is 15.1. The molecule has 0 aromatic heterocycles. The van der Waals surface area contributed by atoms with Crippen LogP contribution in [0.1, 0.15) is 55.0 Å². The molecule has 0 heterocycles. The van der Waals surface area contributed by atoms with Crippen molar-refractivity contribution in [3.63, 3.8) is 0 Å². The fraction of sp³-hybridized carbons (Fsp3) is 0.333. The molecular formula is C27H34N2. The number of nitrogens with one attached hydrogen (secondary N) is 1. The quantitative estimate of drug-likeness (QED) is 0.405. The Morgan fingerprint density at radius 3 is 2.17 bits per heavy atom. The first-order chi connectivity index (χ1) is 14.2. The second-order valence-corrected chi connectivity index (χ2v) is 7.90. The maximum atomic E-state index is 3.64. The maximum absolute atomic E-state index is 3.64. The number of benzene rings is 3. The second-order valence-electron chi connectivity index (χ2n) is 7.90. The Kier molecular flexibility index (Phi) is 7.89. The fourth-order valence-electron chi connectivity index (χ4n) is 3.68. The summed E-state index contributed by atoms with van der Waals surface area (Å²) in [6, 6.07) is 28.7. The average Bonchev–Trinajstić information content (AvgIpc) is 2.77. The third kappa shape index (κ3) is 6.20. The van der Waals surface area contributed by atoms with Gasteiger partial charge >= 0.3 is 0 Å². The summed E-state index contributed by atoms with van der Waals surface area (Å²) in [5, 5.41) is 3.64. The number of rotatable bonds is 10. The van der Waals surface area contributed by atoms with E-state index in [1.54, 1.807) is 0 Å². The molecule has 0 saturated heterocycles. The van der Waals surface area contributed by atoms with Gasteiger partial charge in [0.15, 0.2) is 0 Å². The molecule has 152 valence electrons. The Morgan fingerprint density at radius 2 is 1.52 bits per heavy atom. The van der Waals surface area contributed by atoms with Crippen LogP contribution in [-0.4, -0.2) is 11.4 Å². The van der Waals surface area contributed by atoms with Crippen LogP contribution in [0, 0.1) is 6.92 Å². The molecule has 29 heavy (non-hydrogen) atoms. The van der Waals surface area contributed by atoms with E-state index >= 15 is 0 Å². The Morgan fingerprint density at radius 1 is 0.862 bits per heavy atom. The molecule has 1 atom stereocenters. The van der Waals surface area contributed by atoms with E-state index in [0.717, 1.165) is 19.6 Å². The molecule has 3 aromatic carbocycles. The molecule has 0 amide bonds. The van der Waals surface area contributed by atoms with Crippen LogP contribution in [0.5, 0.6) is 0 Å². The Hall–Kier alpha value is -2.58. The summed E-state index contributed by atoms with van der Waals surface area (Å²) < 4.78 is 0. The highest BCUT2D eigenvalue weighted by molar-refractivity contribution is 5.53. The van der Waals surface area contributed by atoms with Crippen LogP contribution in [0.4, 0.5) is 5.69 Å². The van der Waals surface area contributed by atoms with Crippen molar-refractivity contribution in [3.8, 4) is 0 Å². The lowest BCUT2D eigenvalue weighted by molar-refractivity contribution is 0.198. The van der Waals surface area contributed by atoms with Gasteiger partial charge in [0.2, 0.25) is 0 Å². The van der Waals surface area contributed by atoms with Crippen LogP contribution in [0.25, 0.3) is 0 Å². The molecule has 1 N–H and O–H groups in total. The van der Waals surface area contributed by atoms with Crippen molar-refractivity contribution >= 4 is 5.69 Å². The van der Waals surface area contributed by atoms with Crippen molar-refractivity contribution < 1.29 is 0 Å². The number of hydrogen-bond donors (Lipinski definition) is 1. The molecule has 1 unspecified atom stereocenters. The Labute approximate surface area is 176 Å². The molecule has 0 aliphatic rings. The first kappa shape index (κ1) is 21.1. The second kappa shape index (κ2) is 10.8. The number of aryl methyl sites for hydroxylation is 1. The summed E-state index contributed by atoms with van der Waals surface area (Å²) in [4.78, 5) is 2.60. The lowest BCUT2D eigenvalue weighted by Gasteiger charge is -2.30. The van der Waals surface area contributed by atoms with E-state index in [9.17, 15) is 0 Å². The third-order valence-corrected chi connectivity index (χ3v) is 5.64. The van der Waals surface area contributed by atoms with E-state index in [4.69, 9.17) is 0 Å². The van der Waals surface area contributed by atoms with Gasteiger partial charge in [-0.2, -0.15) is 0 Å². The monoisotopic (exact) mass is 386 g/mol. The SMILES string of the molecule is CCCCN(Cc1ccccc1)C(C)c1ccc(C)c(NCc2ccccc2)c1. The third-order valence-electron chi connectivity index (χ3n) is 5.64. The molecule has 0 aliphatic heterocycles. The number of hydrogen-bond acceptors (Lipinski definition) is 2. The lowest BCUT2D eigenvalue weighted by Crippen LogP contribution is -2.28. The Bertz CT molecular complexity index is 858. The minimum Gasteiger partial charge on any atom is -0.381 e. The molecule has 2 nitrogen and oxygen atoms in total. The minimum atomic E-state index is 0.375. The van der Waals surface area contributed by atoms with Gasteiger partial charge in [0, 0.05) is 24.8 Å². The van der Waals surface area contributed by atoms with Crippen LogP contribution >= 0.6 is 0 Å². The van der Waals surface area contributed by atoms with Gasteiger partial charge in [-0.1, -0.05) is 86.1 Å². The van der Waals surface area contributed by atoms with E-state index in [2.05, 4.69) is 110 Å². The lowest BCUT2D eigenvalue weighted by atomic mass is 10.0. The summed E-state index contributed by atoms with van der Waals surface area (Å²) in [5.41, 5.74) is 6.58. The standard InChI is InChI=1S/C27H34N2/c1-4-5-18-29(21-25-14-10-7-11-15-25)23(3)26-17-16-22(2)27(19-26)28-20-24-12-8-6-9-13-24/h6-17,19,23,28H,4-5,18,20-21H2,1-3H3. The smallest absolute Gasteiger partial charge is 0.0400 e. The van der Waals surface area contributed by atoms with Gasteiger partial charge in [-0.05, 0) is 55.1 Å². The highest BCUT2D eigenvalue weighted by Gasteiger charge is 2.17. The fourth-order valence-corrected chi connectivity index (χ4v) is 3.68.